The van der Waals surface area contributed by atoms with Gasteiger partial charge in [-0.3, -0.25) is 10.1 Å². The van der Waals surface area contributed by atoms with Gasteiger partial charge >= 0.3 is 0 Å². The van der Waals surface area contributed by atoms with E-state index in [0.29, 0.717) is 12.2 Å². The molecule has 0 aliphatic heterocycles. The Morgan fingerprint density at radius 1 is 1.33 bits per heavy atom. The van der Waals surface area contributed by atoms with Crippen molar-refractivity contribution in [3.63, 3.8) is 0 Å². The molecule has 0 unspecified atom stereocenters. The number of non-ortho nitro benzene ring substituents is 1. The smallest absolute Gasteiger partial charge is 0.272 e. The number of rotatable bonds is 4. The third-order valence-electron chi connectivity index (χ3n) is 2.26. The van der Waals surface area contributed by atoms with E-state index >= 15 is 0 Å². The van der Waals surface area contributed by atoms with Crippen LogP contribution in [0.5, 0.6) is 0 Å². The summed E-state index contributed by atoms with van der Waals surface area (Å²) in [5, 5.41) is 16.2. The van der Waals surface area contributed by atoms with Gasteiger partial charge in [0.2, 0.25) is 0 Å². The lowest BCUT2D eigenvalue weighted by Crippen LogP contribution is -2.00. The fourth-order valence-electron chi connectivity index (χ4n) is 1.42. The number of thiophene rings is 1. The number of nitrogens with zero attached hydrogens (tertiary/aromatic N) is 1. The van der Waals surface area contributed by atoms with E-state index < -0.39 is 4.92 Å². The Morgan fingerprint density at radius 3 is 2.50 bits per heavy atom. The molecule has 0 saturated heterocycles. The van der Waals surface area contributed by atoms with E-state index in [1.165, 1.54) is 12.1 Å². The molecule has 0 amide bonds. The molecule has 1 N–H and O–H groups in total. The molecule has 0 atom stereocenters. The van der Waals surface area contributed by atoms with E-state index in [9.17, 15) is 10.1 Å². The molecule has 0 bridgehead atoms. The Hall–Kier alpha value is -1.30. The van der Waals surface area contributed by atoms with Crippen molar-refractivity contribution in [1.29, 1.82) is 0 Å². The number of hydrogen-bond acceptors (Lipinski definition) is 4. The van der Waals surface area contributed by atoms with Crippen molar-refractivity contribution in [3.8, 4) is 0 Å². The van der Waals surface area contributed by atoms with Gasteiger partial charge in [0.15, 0.2) is 0 Å². The predicted molar refractivity (Wildman–Crippen MR) is 74.8 cm³/mol. The minimum atomic E-state index is -0.527. The van der Waals surface area contributed by atoms with Crippen LogP contribution >= 0.6 is 34.5 Å². The lowest BCUT2D eigenvalue weighted by atomic mass is 10.2. The Labute approximate surface area is 117 Å². The van der Waals surface area contributed by atoms with Crippen molar-refractivity contribution in [2.45, 2.75) is 6.54 Å². The van der Waals surface area contributed by atoms with Gasteiger partial charge in [0.1, 0.15) is 0 Å². The topological polar surface area (TPSA) is 55.2 Å². The molecule has 18 heavy (non-hydrogen) atoms. The number of benzene rings is 1. The summed E-state index contributed by atoms with van der Waals surface area (Å²) in [4.78, 5) is 11.2. The molecule has 1 heterocycles. The summed E-state index contributed by atoms with van der Waals surface area (Å²) in [5.74, 6) is 0. The van der Waals surface area contributed by atoms with Crippen LogP contribution in [0, 0.1) is 10.1 Å². The third kappa shape index (κ3) is 2.93. The Bertz CT molecular complexity index is 549. The molecule has 2 aromatic rings. The van der Waals surface area contributed by atoms with Crippen molar-refractivity contribution in [2.24, 2.45) is 0 Å². The fourth-order valence-corrected chi connectivity index (χ4v) is 2.68. The number of anilines is 1. The number of nitro benzene ring substituents is 1. The summed E-state index contributed by atoms with van der Waals surface area (Å²) in [6, 6.07) is 6.49. The minimum absolute atomic E-state index is 0.119. The number of hydrogen-bond donors (Lipinski definition) is 1. The molecule has 1 aromatic heterocycles. The second-order valence-corrected chi connectivity index (χ2v) is 5.32. The van der Waals surface area contributed by atoms with Crippen molar-refractivity contribution in [2.75, 3.05) is 5.32 Å². The van der Waals surface area contributed by atoms with Crippen LogP contribution in [0.4, 0.5) is 11.4 Å². The zero-order valence-corrected chi connectivity index (χ0v) is 11.4. The van der Waals surface area contributed by atoms with Gasteiger partial charge in [-0.15, -0.1) is 11.3 Å². The molecular formula is C11H8Cl2N2O2S. The maximum Gasteiger partial charge on any atom is 0.272 e. The summed E-state index contributed by atoms with van der Waals surface area (Å²) in [6.45, 7) is 0.578. The van der Waals surface area contributed by atoms with Crippen molar-refractivity contribution >= 4 is 45.9 Å². The zero-order valence-electron chi connectivity index (χ0n) is 9.02. The predicted octanol–water partition coefficient (Wildman–Crippen LogP) is 4.58. The first kappa shape index (κ1) is 13.1. The van der Waals surface area contributed by atoms with Crippen molar-refractivity contribution in [1.82, 2.24) is 0 Å². The summed E-state index contributed by atoms with van der Waals surface area (Å²) in [5.41, 5.74) is 0.393. The molecular weight excluding hydrogens is 295 g/mol. The largest absolute Gasteiger partial charge is 0.378 e. The van der Waals surface area contributed by atoms with Crippen LogP contribution in [-0.2, 0) is 6.54 Å². The highest BCUT2D eigenvalue weighted by Crippen LogP contribution is 2.35. The standard InChI is InChI=1S/C11H8Cl2N2O2S/c12-9-4-7(15(16)17)5-10(13)11(9)14-6-8-2-1-3-18-8/h1-5,14H,6H2. The Balaban J connectivity index is 2.20. The van der Waals surface area contributed by atoms with Crippen LogP contribution in [0.3, 0.4) is 0 Å². The van der Waals surface area contributed by atoms with Crippen LogP contribution in [-0.4, -0.2) is 4.92 Å². The van der Waals surface area contributed by atoms with E-state index in [4.69, 9.17) is 23.2 Å². The van der Waals surface area contributed by atoms with Crippen molar-refractivity contribution in [3.05, 3.63) is 54.7 Å². The fraction of sp³-hybridized carbons (Fsp3) is 0.0909. The maximum atomic E-state index is 10.6. The highest BCUT2D eigenvalue weighted by Gasteiger charge is 2.14. The molecule has 2 rings (SSSR count). The van der Waals surface area contributed by atoms with E-state index in [2.05, 4.69) is 5.32 Å². The van der Waals surface area contributed by atoms with Gasteiger partial charge in [-0.2, -0.15) is 0 Å². The average molecular weight is 303 g/mol. The molecule has 0 saturated carbocycles. The van der Waals surface area contributed by atoms with Crippen LogP contribution < -0.4 is 5.32 Å². The van der Waals surface area contributed by atoms with E-state index in [0.717, 1.165) is 4.88 Å². The van der Waals surface area contributed by atoms with Crippen LogP contribution in [0.25, 0.3) is 0 Å². The molecule has 0 aliphatic rings. The second-order valence-electron chi connectivity index (χ2n) is 3.47. The van der Waals surface area contributed by atoms with Crippen molar-refractivity contribution < 1.29 is 4.92 Å². The molecule has 7 heteroatoms. The monoisotopic (exact) mass is 302 g/mol. The van der Waals surface area contributed by atoms with Gasteiger partial charge in [0, 0.05) is 23.6 Å². The lowest BCUT2D eigenvalue weighted by molar-refractivity contribution is -0.384. The molecule has 94 valence electrons. The highest BCUT2D eigenvalue weighted by atomic mass is 35.5. The third-order valence-corrected chi connectivity index (χ3v) is 3.73. The van der Waals surface area contributed by atoms with Crippen LogP contribution in [0.2, 0.25) is 10.0 Å². The normalized spacial score (nSPS) is 10.3. The molecule has 0 fully saturated rings. The Morgan fingerprint density at radius 2 is 2.00 bits per heavy atom. The van der Waals surface area contributed by atoms with E-state index in [-0.39, 0.29) is 15.7 Å². The van der Waals surface area contributed by atoms with Crippen LogP contribution in [0.15, 0.2) is 29.6 Å². The molecule has 0 spiro atoms. The minimum Gasteiger partial charge on any atom is -0.378 e. The van der Waals surface area contributed by atoms with Crippen LogP contribution in [0.1, 0.15) is 4.88 Å². The first-order chi connectivity index (χ1) is 8.58. The molecule has 4 nitrogen and oxygen atoms in total. The SMILES string of the molecule is O=[N+]([O-])c1cc(Cl)c(NCc2cccs2)c(Cl)c1. The highest BCUT2D eigenvalue weighted by molar-refractivity contribution is 7.09. The number of nitro groups is 1. The molecule has 1 aromatic carbocycles. The van der Waals surface area contributed by atoms with Gasteiger partial charge in [0.25, 0.3) is 5.69 Å². The quantitative estimate of drug-likeness (QED) is 0.664. The zero-order chi connectivity index (χ0) is 13.1. The van der Waals surface area contributed by atoms with Gasteiger partial charge in [-0.05, 0) is 11.4 Å². The molecule has 0 radical (unpaired) electrons. The van der Waals surface area contributed by atoms with Gasteiger partial charge < -0.3 is 5.32 Å². The summed E-state index contributed by atoms with van der Waals surface area (Å²) in [6.07, 6.45) is 0. The Kier molecular flexibility index (Phi) is 4.06. The summed E-state index contributed by atoms with van der Waals surface area (Å²) < 4.78 is 0. The number of halogens is 2. The first-order valence-electron chi connectivity index (χ1n) is 4.97. The molecule has 0 aliphatic carbocycles. The lowest BCUT2D eigenvalue weighted by Gasteiger charge is -2.09. The average Bonchev–Trinajstić information content (AvgIpc) is 2.80. The summed E-state index contributed by atoms with van der Waals surface area (Å²) in [7, 11) is 0. The maximum absolute atomic E-state index is 10.6. The number of nitrogens with one attached hydrogen (secondary N) is 1. The van der Waals surface area contributed by atoms with E-state index in [1.807, 2.05) is 17.5 Å². The second kappa shape index (κ2) is 5.56. The first-order valence-corrected chi connectivity index (χ1v) is 6.61. The summed E-state index contributed by atoms with van der Waals surface area (Å²) >= 11 is 13.5. The van der Waals surface area contributed by atoms with E-state index in [1.54, 1.807) is 11.3 Å². The van der Waals surface area contributed by atoms with Gasteiger partial charge in [-0.25, -0.2) is 0 Å². The van der Waals surface area contributed by atoms with Gasteiger partial charge in [0.05, 0.1) is 20.7 Å². The van der Waals surface area contributed by atoms with Gasteiger partial charge in [-0.1, -0.05) is 29.3 Å².